The van der Waals surface area contributed by atoms with Crippen molar-refractivity contribution < 1.29 is 14.3 Å². The van der Waals surface area contributed by atoms with Gasteiger partial charge in [-0.05, 0) is 49.6 Å². The molecule has 1 amide bonds. The molecule has 2 aromatic carbocycles. The van der Waals surface area contributed by atoms with Crippen LogP contribution in [0.4, 0.5) is 0 Å². The number of aromatic nitrogens is 3. The molecule has 1 aromatic heterocycles. The molecular weight excluding hydrogens is 368 g/mol. The zero-order valence-corrected chi connectivity index (χ0v) is 16.3. The first-order valence-electron chi connectivity index (χ1n) is 9.80. The second kappa shape index (κ2) is 8.87. The van der Waals surface area contributed by atoms with Crippen LogP contribution in [-0.4, -0.2) is 40.0 Å². The first-order chi connectivity index (χ1) is 14.2. The number of nitrogens with one attached hydrogen (secondary N) is 1. The molecule has 3 aromatic rings. The average Bonchev–Trinajstić information content (AvgIpc) is 3.47. The van der Waals surface area contributed by atoms with Crippen molar-refractivity contribution in [2.75, 3.05) is 13.2 Å². The summed E-state index contributed by atoms with van der Waals surface area (Å²) < 4.78 is 13.2. The number of amides is 1. The summed E-state index contributed by atoms with van der Waals surface area (Å²) in [4.78, 5) is 16.8. The highest BCUT2D eigenvalue weighted by atomic mass is 16.5. The highest BCUT2D eigenvalue weighted by Gasteiger charge is 2.19. The molecule has 0 saturated carbocycles. The number of carbonyl (C=O) groups excluding carboxylic acids is 1. The molecule has 2 atom stereocenters. The SMILES string of the molecule is CC(NC(=O)c1ccccc1OCC1CCCO1)c1ccc(-n2cncn2)cc1. The topological polar surface area (TPSA) is 78.3 Å². The predicted molar refractivity (Wildman–Crippen MR) is 108 cm³/mol. The van der Waals surface area contributed by atoms with E-state index in [9.17, 15) is 4.79 Å². The van der Waals surface area contributed by atoms with Gasteiger partial charge in [-0.1, -0.05) is 24.3 Å². The van der Waals surface area contributed by atoms with Crippen molar-refractivity contribution >= 4 is 5.91 Å². The van der Waals surface area contributed by atoms with Crippen LogP contribution < -0.4 is 10.1 Å². The van der Waals surface area contributed by atoms with Gasteiger partial charge in [-0.3, -0.25) is 4.79 Å². The third-order valence-corrected chi connectivity index (χ3v) is 5.00. The van der Waals surface area contributed by atoms with E-state index in [1.165, 1.54) is 6.33 Å². The number of benzene rings is 2. The van der Waals surface area contributed by atoms with Gasteiger partial charge in [-0.25, -0.2) is 9.67 Å². The smallest absolute Gasteiger partial charge is 0.255 e. The third kappa shape index (κ3) is 4.63. The van der Waals surface area contributed by atoms with Crippen molar-refractivity contribution in [1.29, 1.82) is 0 Å². The Kier molecular flexibility index (Phi) is 5.86. The van der Waals surface area contributed by atoms with Crippen LogP contribution in [0.5, 0.6) is 5.75 Å². The molecule has 1 fully saturated rings. The van der Waals surface area contributed by atoms with Crippen molar-refractivity contribution in [3.05, 3.63) is 72.3 Å². The zero-order chi connectivity index (χ0) is 20.1. The molecule has 0 spiro atoms. The standard InChI is InChI=1S/C22H24N4O3/c1-16(17-8-10-18(11-9-17)26-15-23-14-24-26)25-22(27)20-6-2-3-7-21(20)29-13-19-5-4-12-28-19/h2-3,6-11,14-16,19H,4-5,12-13H2,1H3,(H,25,27). The Morgan fingerprint density at radius 1 is 1.28 bits per heavy atom. The molecule has 29 heavy (non-hydrogen) atoms. The van der Waals surface area contributed by atoms with Gasteiger partial charge >= 0.3 is 0 Å². The van der Waals surface area contributed by atoms with Crippen LogP contribution in [0.25, 0.3) is 5.69 Å². The Balaban J connectivity index is 1.40. The molecule has 1 N–H and O–H groups in total. The van der Waals surface area contributed by atoms with E-state index in [-0.39, 0.29) is 18.1 Å². The van der Waals surface area contributed by atoms with E-state index >= 15 is 0 Å². The Morgan fingerprint density at radius 3 is 2.83 bits per heavy atom. The van der Waals surface area contributed by atoms with E-state index in [0.717, 1.165) is 30.7 Å². The minimum Gasteiger partial charge on any atom is -0.490 e. The summed E-state index contributed by atoms with van der Waals surface area (Å²) in [5.74, 6) is 0.412. The molecular formula is C22H24N4O3. The van der Waals surface area contributed by atoms with Gasteiger partial charge in [0.1, 0.15) is 25.0 Å². The number of ether oxygens (including phenoxy) is 2. The van der Waals surface area contributed by atoms with Gasteiger partial charge in [-0.2, -0.15) is 5.10 Å². The molecule has 1 aliphatic rings. The number of hydrogen-bond acceptors (Lipinski definition) is 5. The van der Waals surface area contributed by atoms with Gasteiger partial charge in [0, 0.05) is 6.61 Å². The van der Waals surface area contributed by atoms with Crippen LogP contribution in [0.3, 0.4) is 0 Å². The number of rotatable bonds is 7. The molecule has 7 nitrogen and oxygen atoms in total. The van der Waals surface area contributed by atoms with Crippen molar-refractivity contribution in [2.45, 2.75) is 31.9 Å². The largest absolute Gasteiger partial charge is 0.490 e. The fourth-order valence-corrected chi connectivity index (χ4v) is 3.35. The van der Waals surface area contributed by atoms with E-state index < -0.39 is 0 Å². The lowest BCUT2D eigenvalue weighted by Crippen LogP contribution is -2.27. The molecule has 150 valence electrons. The lowest BCUT2D eigenvalue weighted by molar-refractivity contribution is 0.0670. The molecule has 2 unspecified atom stereocenters. The fourth-order valence-electron chi connectivity index (χ4n) is 3.35. The summed E-state index contributed by atoms with van der Waals surface area (Å²) in [7, 11) is 0. The molecule has 1 aliphatic heterocycles. The quantitative estimate of drug-likeness (QED) is 0.667. The van der Waals surface area contributed by atoms with Crippen LogP contribution >= 0.6 is 0 Å². The number of carbonyl (C=O) groups is 1. The summed E-state index contributed by atoms with van der Waals surface area (Å²) in [5, 5.41) is 7.17. The summed E-state index contributed by atoms with van der Waals surface area (Å²) in [6, 6.07) is 15.0. The maximum Gasteiger partial charge on any atom is 0.255 e. The predicted octanol–water partition coefficient (Wildman–Crippen LogP) is 3.32. The van der Waals surface area contributed by atoms with Crippen LogP contribution in [0.1, 0.15) is 41.7 Å². The summed E-state index contributed by atoms with van der Waals surface area (Å²) >= 11 is 0. The van der Waals surface area contributed by atoms with Crippen molar-refractivity contribution in [3.63, 3.8) is 0 Å². The zero-order valence-electron chi connectivity index (χ0n) is 16.3. The highest BCUT2D eigenvalue weighted by Crippen LogP contribution is 2.22. The average molecular weight is 392 g/mol. The lowest BCUT2D eigenvalue weighted by atomic mass is 10.1. The molecule has 7 heteroatoms. The number of hydrogen-bond donors (Lipinski definition) is 1. The molecule has 1 saturated heterocycles. The normalized spacial score (nSPS) is 17.1. The monoisotopic (exact) mass is 392 g/mol. The molecule has 0 radical (unpaired) electrons. The molecule has 2 heterocycles. The first-order valence-corrected chi connectivity index (χ1v) is 9.80. The minimum absolute atomic E-state index is 0.105. The molecule has 0 aliphatic carbocycles. The Hall–Kier alpha value is -3.19. The summed E-state index contributed by atoms with van der Waals surface area (Å²) in [6.07, 6.45) is 5.30. The molecule has 4 rings (SSSR count). The van der Waals surface area contributed by atoms with E-state index in [1.807, 2.05) is 49.4 Å². The lowest BCUT2D eigenvalue weighted by Gasteiger charge is -2.17. The van der Waals surface area contributed by atoms with Crippen LogP contribution in [-0.2, 0) is 4.74 Å². The fraction of sp³-hybridized carbons (Fsp3) is 0.318. The summed E-state index contributed by atoms with van der Waals surface area (Å²) in [5.41, 5.74) is 2.44. The maximum atomic E-state index is 12.9. The van der Waals surface area contributed by atoms with Crippen molar-refractivity contribution in [3.8, 4) is 11.4 Å². The summed E-state index contributed by atoms with van der Waals surface area (Å²) in [6.45, 7) is 3.20. The van der Waals surface area contributed by atoms with Gasteiger partial charge in [-0.15, -0.1) is 0 Å². The van der Waals surface area contributed by atoms with E-state index in [4.69, 9.17) is 9.47 Å². The van der Waals surface area contributed by atoms with Gasteiger partial charge in [0.05, 0.1) is 23.4 Å². The Bertz CT molecular complexity index is 935. The minimum atomic E-state index is -0.166. The Morgan fingerprint density at radius 2 is 2.10 bits per heavy atom. The maximum absolute atomic E-state index is 12.9. The van der Waals surface area contributed by atoms with Gasteiger partial charge < -0.3 is 14.8 Å². The third-order valence-electron chi connectivity index (χ3n) is 5.00. The number of para-hydroxylation sites is 1. The Labute approximate surface area is 169 Å². The second-order valence-electron chi connectivity index (χ2n) is 7.07. The highest BCUT2D eigenvalue weighted by molar-refractivity contribution is 5.97. The van der Waals surface area contributed by atoms with Gasteiger partial charge in [0.25, 0.3) is 5.91 Å². The molecule has 0 bridgehead atoms. The van der Waals surface area contributed by atoms with E-state index in [2.05, 4.69) is 15.4 Å². The van der Waals surface area contributed by atoms with Crippen molar-refractivity contribution in [1.82, 2.24) is 20.1 Å². The van der Waals surface area contributed by atoms with Crippen LogP contribution in [0, 0.1) is 0 Å². The van der Waals surface area contributed by atoms with Crippen LogP contribution in [0.15, 0.2) is 61.2 Å². The van der Waals surface area contributed by atoms with Crippen LogP contribution in [0.2, 0.25) is 0 Å². The van der Waals surface area contributed by atoms with Gasteiger partial charge in [0.2, 0.25) is 0 Å². The van der Waals surface area contributed by atoms with Crippen molar-refractivity contribution in [2.24, 2.45) is 0 Å². The second-order valence-corrected chi connectivity index (χ2v) is 7.07. The number of nitrogens with zero attached hydrogens (tertiary/aromatic N) is 3. The van der Waals surface area contributed by atoms with E-state index in [1.54, 1.807) is 17.1 Å². The first kappa shape index (κ1) is 19.1. The van der Waals surface area contributed by atoms with Gasteiger partial charge in [0.15, 0.2) is 0 Å². The van der Waals surface area contributed by atoms with E-state index in [0.29, 0.717) is 17.9 Å².